The molecule has 74 heavy (non-hydrogen) atoms. The topological polar surface area (TPSA) is 236 Å². The number of carbonyl (C=O) groups is 6. The number of carbonyl (C=O) groups excluding carboxylic acids is 6. The molecular weight excluding hydrogens is 953 g/mol. The highest BCUT2D eigenvalue weighted by Gasteiger charge is 2.53. The van der Waals surface area contributed by atoms with Crippen LogP contribution in [-0.4, -0.2) is 141 Å². The number of piperidine rings is 1. The van der Waals surface area contributed by atoms with Gasteiger partial charge in [0.1, 0.15) is 35.9 Å². The number of aliphatic hydroxyl groups is 3. The van der Waals surface area contributed by atoms with E-state index in [2.05, 4.69) is 0 Å². The predicted octanol–water partition coefficient (Wildman–Crippen LogP) is 7.42. The van der Waals surface area contributed by atoms with Gasteiger partial charge >= 0.3 is 12.1 Å². The molecule has 3 fully saturated rings. The fourth-order valence-corrected chi connectivity index (χ4v) is 10.9. The van der Waals surface area contributed by atoms with E-state index in [0.29, 0.717) is 61.2 Å². The lowest BCUT2D eigenvalue weighted by atomic mass is 9.78. The minimum absolute atomic E-state index is 0.00402. The molecule has 1 aromatic carbocycles. The molecule has 1 aliphatic carbocycles. The van der Waals surface area contributed by atoms with Crippen LogP contribution in [0.15, 0.2) is 77.9 Å². The van der Waals surface area contributed by atoms with Crippen LogP contribution in [0.1, 0.15) is 126 Å². The Morgan fingerprint density at radius 3 is 2.28 bits per heavy atom. The van der Waals surface area contributed by atoms with Crippen LogP contribution in [0.5, 0.6) is 5.75 Å². The quantitative estimate of drug-likeness (QED) is 0.0684. The zero-order chi connectivity index (χ0) is 54.4. The number of ether oxygens (including phenoxy) is 5. The summed E-state index contributed by atoms with van der Waals surface area (Å²) in [7, 11) is 2.90. The average molecular weight is 1040 g/mol. The van der Waals surface area contributed by atoms with Crippen molar-refractivity contribution in [2.45, 2.75) is 180 Å². The number of esters is 1. The number of cyclic esters (lactones) is 1. The number of ketones is 3. The number of benzene rings is 1. The summed E-state index contributed by atoms with van der Waals surface area (Å²) in [6.45, 7) is 12.2. The molecule has 410 valence electrons. The second kappa shape index (κ2) is 27.8. The highest BCUT2D eigenvalue weighted by atomic mass is 16.6. The van der Waals surface area contributed by atoms with E-state index in [-0.39, 0.29) is 79.8 Å². The fourth-order valence-electron chi connectivity index (χ4n) is 10.9. The molecule has 2 amide bonds. The molecule has 0 aromatic heterocycles. The molecule has 4 aliphatic rings. The SMILES string of the molecule is CO[C@@H]1C[C@H](C[C@@H](C)[C@@H]2CC(=O)[C@H](C)/C=C(\C)[C@@H](O)[C@@H](OC)C(=O)[C@H](C)C[C@H](C)/C=C/C=C/C=C(\C)[C@H](N(O)C(=O)Oc3ccccc3)C[C@@H]3CC[C@@H](C)[C@@](O)(O3)C(=O)C(=O)N3CCCC[C@H]3C(=O)O2)CC[C@H]1O. The highest BCUT2D eigenvalue weighted by Crippen LogP contribution is 2.38. The van der Waals surface area contributed by atoms with Crippen molar-refractivity contribution >= 4 is 35.3 Å². The number of Topliss-reactive ketones (excluding diaryl/α,β-unsaturated/α-hetero) is 3. The first-order chi connectivity index (χ1) is 35.1. The highest BCUT2D eigenvalue weighted by molar-refractivity contribution is 6.39. The summed E-state index contributed by atoms with van der Waals surface area (Å²) in [5.74, 6) is -8.87. The molecule has 0 radical (unpaired) electrons. The first kappa shape index (κ1) is 60.0. The Labute approximate surface area is 436 Å². The van der Waals surface area contributed by atoms with Crippen LogP contribution in [0.25, 0.3) is 0 Å². The van der Waals surface area contributed by atoms with Crippen LogP contribution >= 0.6 is 0 Å². The number of hydrogen-bond acceptors (Lipinski definition) is 15. The number of amides is 2. The van der Waals surface area contributed by atoms with E-state index in [1.165, 1.54) is 7.11 Å². The summed E-state index contributed by atoms with van der Waals surface area (Å²) in [6.07, 6.45) is 7.84. The minimum atomic E-state index is -2.64. The lowest BCUT2D eigenvalue weighted by Gasteiger charge is -2.43. The van der Waals surface area contributed by atoms with E-state index >= 15 is 0 Å². The second-order valence-corrected chi connectivity index (χ2v) is 21.4. The van der Waals surface area contributed by atoms with E-state index in [0.717, 1.165) is 4.90 Å². The van der Waals surface area contributed by atoms with E-state index in [4.69, 9.17) is 23.7 Å². The van der Waals surface area contributed by atoms with Crippen LogP contribution < -0.4 is 4.74 Å². The number of nitrogens with zero attached hydrogens (tertiary/aromatic N) is 2. The Kier molecular flexibility index (Phi) is 22.5. The van der Waals surface area contributed by atoms with Crippen molar-refractivity contribution < 1.29 is 73.0 Å². The molecule has 4 N–H and O–H groups in total. The Hall–Kier alpha value is -4.88. The van der Waals surface area contributed by atoms with Crippen molar-refractivity contribution in [2.24, 2.45) is 35.5 Å². The van der Waals surface area contributed by atoms with Crippen molar-refractivity contribution in [1.29, 1.82) is 0 Å². The third-order valence-electron chi connectivity index (χ3n) is 15.7. The Morgan fingerprint density at radius 2 is 1.59 bits per heavy atom. The van der Waals surface area contributed by atoms with Crippen molar-refractivity contribution in [3.8, 4) is 5.75 Å². The summed E-state index contributed by atoms with van der Waals surface area (Å²) >= 11 is 0. The zero-order valence-corrected chi connectivity index (χ0v) is 44.8. The van der Waals surface area contributed by atoms with Gasteiger partial charge in [-0.2, -0.15) is 5.06 Å². The van der Waals surface area contributed by atoms with Crippen LogP contribution in [0.3, 0.4) is 0 Å². The molecule has 5 rings (SSSR count). The minimum Gasteiger partial charge on any atom is -0.460 e. The molecule has 0 spiro atoms. The number of para-hydroxylation sites is 1. The molecule has 17 heteroatoms. The first-order valence-corrected chi connectivity index (χ1v) is 26.5. The molecule has 3 aliphatic heterocycles. The van der Waals surface area contributed by atoms with E-state index in [9.17, 15) is 49.3 Å². The Balaban J connectivity index is 1.51. The lowest BCUT2D eigenvalue weighted by molar-refractivity contribution is -0.266. The van der Waals surface area contributed by atoms with Gasteiger partial charge in [0.05, 0.1) is 24.4 Å². The van der Waals surface area contributed by atoms with Crippen LogP contribution in [-0.2, 0) is 42.9 Å². The number of aliphatic hydroxyl groups excluding tert-OH is 2. The fraction of sp³-hybridized carbons (Fsp3) is 0.649. The molecule has 1 aromatic rings. The third-order valence-corrected chi connectivity index (χ3v) is 15.7. The van der Waals surface area contributed by atoms with Crippen molar-refractivity contribution in [1.82, 2.24) is 9.96 Å². The number of methoxy groups -OCH3 is 2. The second-order valence-electron chi connectivity index (χ2n) is 21.4. The van der Waals surface area contributed by atoms with Gasteiger partial charge in [-0.15, -0.1) is 0 Å². The zero-order valence-electron chi connectivity index (χ0n) is 44.8. The van der Waals surface area contributed by atoms with Gasteiger partial charge in [0, 0.05) is 51.4 Å². The molecule has 0 unspecified atom stereocenters. The number of hydrogen-bond donors (Lipinski definition) is 4. The van der Waals surface area contributed by atoms with Gasteiger partial charge in [-0.1, -0.05) is 89.3 Å². The Bertz CT molecular complexity index is 2210. The van der Waals surface area contributed by atoms with E-state index in [1.54, 1.807) is 102 Å². The summed E-state index contributed by atoms with van der Waals surface area (Å²) in [4.78, 5) is 86.0. The van der Waals surface area contributed by atoms with E-state index in [1.807, 2.05) is 19.9 Å². The van der Waals surface area contributed by atoms with Gasteiger partial charge in [-0.05, 0) is 119 Å². The number of fused-ring (bicyclic) bond motifs is 3. The number of rotatable bonds is 7. The molecular formula is C57H82N2O15. The Morgan fingerprint density at radius 1 is 0.878 bits per heavy atom. The van der Waals surface area contributed by atoms with Crippen LogP contribution in [0.4, 0.5) is 4.79 Å². The normalized spacial score (nSPS) is 36.7. The standard InChI is InChI=1S/C57H82N2O15/c1-34-18-12-10-13-19-35(2)45(59(69)56(67)72-42-20-14-11-15-21-42)32-43-25-23-40(7)57(68,74-43)53(64)54(65)58-27-17-16-22-44(58)55(66)73-48(37(4)30-41-24-26-46(60)49(31-41)70-8)33-47(61)36(3)29-39(6)51(63)52(71-9)50(62)38(5)28-34/h10-15,18-21,29,34,36-38,40-41,43-46,48-49,51-52,60,63,68-69H,16-17,22-28,30-33H2,1-9H3/b13-10+,18-12+,35-19+,39-29+/t34-,36-,37-,38-,40-,41+,43+,44+,45-,46-,48+,49-,51-,52+,57-/m1/s1. The molecule has 3 heterocycles. The van der Waals surface area contributed by atoms with Crippen molar-refractivity contribution in [2.75, 3.05) is 20.8 Å². The van der Waals surface area contributed by atoms with Crippen molar-refractivity contribution in [3.63, 3.8) is 0 Å². The van der Waals surface area contributed by atoms with Gasteiger partial charge in [0.2, 0.25) is 5.79 Å². The maximum atomic E-state index is 14.5. The number of allylic oxidation sites excluding steroid dienone is 6. The average Bonchev–Trinajstić information content (AvgIpc) is 3.38. The maximum Gasteiger partial charge on any atom is 0.439 e. The van der Waals surface area contributed by atoms with Crippen molar-refractivity contribution in [3.05, 3.63) is 77.9 Å². The first-order valence-electron chi connectivity index (χ1n) is 26.5. The largest absolute Gasteiger partial charge is 0.460 e. The summed E-state index contributed by atoms with van der Waals surface area (Å²) in [5.41, 5.74) is 0.830. The predicted molar refractivity (Wildman–Crippen MR) is 274 cm³/mol. The summed E-state index contributed by atoms with van der Waals surface area (Å²) < 4.78 is 29.1. The molecule has 2 saturated heterocycles. The molecule has 15 atom stereocenters. The smallest absolute Gasteiger partial charge is 0.439 e. The van der Waals surface area contributed by atoms with E-state index < -0.39 is 89.9 Å². The van der Waals surface area contributed by atoms with Gasteiger partial charge in [-0.25, -0.2) is 9.59 Å². The van der Waals surface area contributed by atoms with Gasteiger partial charge in [-0.3, -0.25) is 24.4 Å². The number of hydroxylamine groups is 2. The van der Waals surface area contributed by atoms with Crippen LogP contribution in [0.2, 0.25) is 0 Å². The van der Waals surface area contributed by atoms with Gasteiger partial charge < -0.3 is 43.9 Å². The molecule has 1 saturated carbocycles. The molecule has 2 bridgehead atoms. The van der Waals surface area contributed by atoms with Gasteiger partial charge in [0.25, 0.3) is 11.7 Å². The van der Waals surface area contributed by atoms with Gasteiger partial charge in [0.15, 0.2) is 5.78 Å². The monoisotopic (exact) mass is 1030 g/mol. The summed E-state index contributed by atoms with van der Waals surface area (Å²) in [5, 5.41) is 46.1. The lowest BCUT2D eigenvalue weighted by Crippen LogP contribution is -2.61. The van der Waals surface area contributed by atoms with Crippen LogP contribution in [0, 0.1) is 35.5 Å². The molecule has 17 nitrogen and oxygen atoms in total. The summed E-state index contributed by atoms with van der Waals surface area (Å²) in [6, 6.07) is 5.85. The maximum absolute atomic E-state index is 14.5. The third kappa shape index (κ3) is 15.6.